The molecule has 0 aliphatic heterocycles. The Hall–Kier alpha value is -1.24. The lowest BCUT2D eigenvalue weighted by Crippen LogP contribution is -2.07. The van der Waals surface area contributed by atoms with Gasteiger partial charge in [0.05, 0.1) is 10.2 Å². The molecule has 3 nitrogen and oxygen atoms in total. The Kier molecular flexibility index (Phi) is 2.57. The number of halogens is 4. The van der Waals surface area contributed by atoms with Crippen LogP contribution in [0, 0.1) is 0 Å². The van der Waals surface area contributed by atoms with Crippen LogP contribution in [0.5, 0.6) is 0 Å². The van der Waals surface area contributed by atoms with Gasteiger partial charge in [-0.05, 0) is 22.0 Å². The van der Waals surface area contributed by atoms with Crippen molar-refractivity contribution < 1.29 is 13.2 Å². The third kappa shape index (κ3) is 1.75. The fourth-order valence-corrected chi connectivity index (χ4v) is 2.25. The Morgan fingerprint density at radius 1 is 1.44 bits per heavy atom. The molecule has 0 atom stereocenters. The summed E-state index contributed by atoms with van der Waals surface area (Å²) in [5.41, 5.74) is 0.136. The van der Waals surface area contributed by atoms with E-state index in [9.17, 15) is 13.2 Å². The van der Waals surface area contributed by atoms with E-state index in [4.69, 9.17) is 0 Å². The minimum absolute atomic E-state index is 0.0397. The zero-order chi connectivity index (χ0) is 11.9. The Bertz CT molecular complexity index is 499. The number of rotatable bonds is 1. The first kappa shape index (κ1) is 11.3. The van der Waals surface area contributed by atoms with E-state index in [2.05, 4.69) is 26.0 Å². The van der Waals surface area contributed by atoms with Crippen LogP contribution in [0.15, 0.2) is 22.9 Å². The maximum absolute atomic E-state index is 12.6. The maximum Gasteiger partial charge on any atom is 0.436 e. The van der Waals surface area contributed by atoms with Crippen molar-refractivity contribution in [2.24, 2.45) is 7.05 Å². The lowest BCUT2D eigenvalue weighted by Gasteiger charge is -2.01. The Balaban J connectivity index is 2.61. The first-order chi connectivity index (χ1) is 7.41. The summed E-state index contributed by atoms with van der Waals surface area (Å²) < 4.78 is 38.9. The molecule has 7 heteroatoms. The van der Waals surface area contributed by atoms with E-state index in [1.165, 1.54) is 11.7 Å². The van der Waals surface area contributed by atoms with Crippen molar-refractivity contribution >= 4 is 15.9 Å². The minimum atomic E-state index is -4.45. The van der Waals surface area contributed by atoms with Gasteiger partial charge in [0, 0.05) is 25.0 Å². The lowest BCUT2D eigenvalue weighted by atomic mass is 10.2. The molecule has 2 aromatic rings. The number of aromatic nitrogens is 3. The zero-order valence-electron chi connectivity index (χ0n) is 8.14. The molecule has 0 bridgehead atoms. The third-order valence-corrected chi connectivity index (χ3v) is 2.88. The van der Waals surface area contributed by atoms with Crippen LogP contribution in [0.25, 0.3) is 11.3 Å². The molecule has 86 valence electrons. The van der Waals surface area contributed by atoms with E-state index in [1.807, 2.05) is 0 Å². The van der Waals surface area contributed by atoms with Gasteiger partial charge in [-0.1, -0.05) is 0 Å². The summed E-state index contributed by atoms with van der Waals surface area (Å²) in [5, 5.41) is 3.47. The zero-order valence-corrected chi connectivity index (χ0v) is 9.72. The number of hydrogen-bond donors (Lipinski definition) is 1. The Labute approximate surface area is 97.4 Å². The van der Waals surface area contributed by atoms with Gasteiger partial charge >= 0.3 is 6.18 Å². The highest BCUT2D eigenvalue weighted by molar-refractivity contribution is 9.10. The minimum Gasteiger partial charge on any atom is -0.367 e. The van der Waals surface area contributed by atoms with E-state index in [0.717, 1.165) is 0 Å². The van der Waals surface area contributed by atoms with Gasteiger partial charge in [-0.2, -0.15) is 18.3 Å². The largest absolute Gasteiger partial charge is 0.436 e. The highest BCUT2D eigenvalue weighted by atomic mass is 79.9. The quantitative estimate of drug-likeness (QED) is 0.861. The van der Waals surface area contributed by atoms with Crippen LogP contribution in [-0.2, 0) is 13.2 Å². The number of alkyl halides is 3. The second kappa shape index (κ2) is 3.65. The van der Waals surface area contributed by atoms with Crippen LogP contribution in [0.2, 0.25) is 0 Å². The monoisotopic (exact) mass is 293 g/mol. The van der Waals surface area contributed by atoms with Crippen molar-refractivity contribution in [3.63, 3.8) is 0 Å². The van der Waals surface area contributed by atoms with E-state index in [1.54, 1.807) is 18.5 Å². The smallest absolute Gasteiger partial charge is 0.367 e. The highest BCUT2D eigenvalue weighted by Gasteiger charge is 2.38. The molecule has 16 heavy (non-hydrogen) atoms. The number of H-pyrrole nitrogens is 1. The topological polar surface area (TPSA) is 33.6 Å². The molecule has 0 aromatic carbocycles. The molecule has 2 heterocycles. The van der Waals surface area contributed by atoms with E-state index < -0.39 is 11.9 Å². The van der Waals surface area contributed by atoms with Crippen molar-refractivity contribution in [3.05, 3.63) is 28.6 Å². The third-order valence-electron chi connectivity index (χ3n) is 2.13. The molecular formula is C9H7BrF3N3. The number of nitrogens with zero attached hydrogens (tertiary/aromatic N) is 2. The maximum atomic E-state index is 12.6. The summed E-state index contributed by atoms with van der Waals surface area (Å²) in [6.07, 6.45) is -1.20. The van der Waals surface area contributed by atoms with Crippen LogP contribution < -0.4 is 0 Å². The van der Waals surface area contributed by atoms with Gasteiger partial charge in [-0.3, -0.25) is 4.68 Å². The first-order valence-corrected chi connectivity index (χ1v) is 5.13. The standard InChI is InChI=1S/C9H7BrF3N3/c1-16-7(5-2-3-14-4-5)6(10)8(15-16)9(11,12)13/h2-4,14H,1H3. The lowest BCUT2D eigenvalue weighted by molar-refractivity contribution is -0.142. The fraction of sp³-hybridized carbons (Fsp3) is 0.222. The summed E-state index contributed by atoms with van der Waals surface area (Å²) in [6, 6.07) is 1.68. The number of nitrogens with one attached hydrogen (secondary N) is 1. The van der Waals surface area contributed by atoms with Gasteiger partial charge in [0.25, 0.3) is 0 Å². The molecule has 0 amide bonds. The van der Waals surface area contributed by atoms with Crippen molar-refractivity contribution in [1.29, 1.82) is 0 Å². The molecule has 2 aromatic heterocycles. The number of aryl methyl sites for hydroxylation is 1. The molecule has 0 fully saturated rings. The van der Waals surface area contributed by atoms with Crippen molar-refractivity contribution in [3.8, 4) is 11.3 Å². The van der Waals surface area contributed by atoms with Crippen LogP contribution in [-0.4, -0.2) is 14.8 Å². The van der Waals surface area contributed by atoms with Gasteiger partial charge in [0.1, 0.15) is 0 Å². The molecular weight excluding hydrogens is 287 g/mol. The van der Waals surface area contributed by atoms with Crippen LogP contribution >= 0.6 is 15.9 Å². The molecule has 0 unspecified atom stereocenters. The first-order valence-electron chi connectivity index (χ1n) is 4.34. The molecule has 0 aliphatic carbocycles. The molecule has 1 N–H and O–H groups in total. The van der Waals surface area contributed by atoms with Gasteiger partial charge in [0.15, 0.2) is 5.69 Å². The Morgan fingerprint density at radius 3 is 2.56 bits per heavy atom. The summed E-state index contributed by atoms with van der Waals surface area (Å²) in [4.78, 5) is 2.79. The van der Waals surface area contributed by atoms with Gasteiger partial charge in [0.2, 0.25) is 0 Å². The molecule has 0 saturated carbocycles. The van der Waals surface area contributed by atoms with Crippen molar-refractivity contribution in [2.75, 3.05) is 0 Å². The molecule has 0 radical (unpaired) electrons. The molecule has 2 rings (SSSR count). The second-order valence-corrected chi connectivity index (χ2v) is 4.03. The van der Waals surface area contributed by atoms with Gasteiger partial charge in [-0.25, -0.2) is 0 Å². The predicted octanol–water partition coefficient (Wildman–Crippen LogP) is 3.20. The normalized spacial score (nSPS) is 12.1. The molecule has 0 aliphatic rings. The van der Waals surface area contributed by atoms with Gasteiger partial charge in [-0.15, -0.1) is 0 Å². The summed E-state index contributed by atoms with van der Waals surface area (Å²) in [5.74, 6) is 0. The summed E-state index contributed by atoms with van der Waals surface area (Å²) in [6.45, 7) is 0. The van der Waals surface area contributed by atoms with Crippen molar-refractivity contribution in [1.82, 2.24) is 14.8 Å². The molecule has 0 spiro atoms. The average molecular weight is 294 g/mol. The van der Waals surface area contributed by atoms with Crippen LogP contribution in [0.3, 0.4) is 0 Å². The average Bonchev–Trinajstić information content (AvgIpc) is 2.72. The predicted molar refractivity (Wildman–Crippen MR) is 55.7 cm³/mol. The number of hydrogen-bond acceptors (Lipinski definition) is 1. The molecule has 0 saturated heterocycles. The fourth-order valence-electron chi connectivity index (χ4n) is 1.46. The second-order valence-electron chi connectivity index (χ2n) is 3.23. The van der Waals surface area contributed by atoms with E-state index >= 15 is 0 Å². The Morgan fingerprint density at radius 2 is 2.12 bits per heavy atom. The summed E-state index contributed by atoms with van der Waals surface area (Å²) >= 11 is 2.94. The number of aromatic amines is 1. The summed E-state index contributed by atoms with van der Waals surface area (Å²) in [7, 11) is 1.47. The van der Waals surface area contributed by atoms with E-state index in [-0.39, 0.29) is 4.47 Å². The van der Waals surface area contributed by atoms with Crippen LogP contribution in [0.4, 0.5) is 13.2 Å². The van der Waals surface area contributed by atoms with E-state index in [0.29, 0.717) is 11.3 Å². The van der Waals surface area contributed by atoms with Crippen molar-refractivity contribution in [2.45, 2.75) is 6.18 Å². The highest BCUT2D eigenvalue weighted by Crippen LogP contribution is 2.39. The van der Waals surface area contributed by atoms with Gasteiger partial charge < -0.3 is 4.98 Å². The van der Waals surface area contributed by atoms with Crippen LogP contribution in [0.1, 0.15) is 5.69 Å². The SMILES string of the molecule is Cn1nc(C(F)(F)F)c(Br)c1-c1cc[nH]c1.